The number of hydrogen-bond donors (Lipinski definition) is 1. The van der Waals surface area contributed by atoms with E-state index in [2.05, 4.69) is 11.2 Å². The Kier molecular flexibility index (Phi) is 9.16. The van der Waals surface area contributed by atoms with Crippen LogP contribution in [0.3, 0.4) is 0 Å². The van der Waals surface area contributed by atoms with Gasteiger partial charge in [-0.1, -0.05) is 12.2 Å². The second-order valence-corrected chi connectivity index (χ2v) is 2.45. The van der Waals surface area contributed by atoms with Gasteiger partial charge in [0.1, 0.15) is 0 Å². The van der Waals surface area contributed by atoms with Gasteiger partial charge in [-0.15, -0.1) is 23.9 Å². The summed E-state index contributed by atoms with van der Waals surface area (Å²) in [5.74, 6) is 3.18. The zero-order valence-electron chi connectivity index (χ0n) is 6.65. The summed E-state index contributed by atoms with van der Waals surface area (Å²) in [5.41, 5.74) is 0. The molecule has 0 radical (unpaired) electrons. The number of halogens is 1. The fraction of sp³-hybridized carbons (Fsp3) is 0.556. The first kappa shape index (κ1) is 10.6. The lowest BCUT2D eigenvalue weighted by atomic mass is 10.3. The maximum absolute atomic E-state index is 5.42. The molecule has 0 fully saturated rings. The normalized spacial score (nSPS) is 10.2. The SMILES string of the molecule is C#CCCCNC/C=C/CCl. The Balaban J connectivity index is 2.91. The molecule has 0 aliphatic rings. The molecule has 0 unspecified atom stereocenters. The highest BCUT2D eigenvalue weighted by Crippen LogP contribution is 1.82. The first-order valence-electron chi connectivity index (χ1n) is 3.77. The van der Waals surface area contributed by atoms with Crippen LogP contribution < -0.4 is 5.32 Å². The Bertz CT molecular complexity index is 135. The largest absolute Gasteiger partial charge is 0.313 e. The van der Waals surface area contributed by atoms with Crippen LogP contribution in [0.1, 0.15) is 12.8 Å². The van der Waals surface area contributed by atoms with Gasteiger partial charge in [-0.2, -0.15) is 0 Å². The number of allylic oxidation sites excluding steroid dienone is 1. The molecule has 0 aliphatic carbocycles. The lowest BCUT2D eigenvalue weighted by molar-refractivity contribution is 0.706. The van der Waals surface area contributed by atoms with Crippen molar-refractivity contribution in [2.24, 2.45) is 0 Å². The van der Waals surface area contributed by atoms with Crippen molar-refractivity contribution < 1.29 is 0 Å². The van der Waals surface area contributed by atoms with Crippen molar-refractivity contribution in [2.75, 3.05) is 19.0 Å². The van der Waals surface area contributed by atoms with E-state index in [1.807, 2.05) is 12.2 Å². The fourth-order valence-corrected chi connectivity index (χ4v) is 0.773. The molecule has 0 spiro atoms. The van der Waals surface area contributed by atoms with Gasteiger partial charge in [0.05, 0.1) is 0 Å². The highest BCUT2D eigenvalue weighted by Gasteiger charge is 1.81. The van der Waals surface area contributed by atoms with Crippen molar-refractivity contribution in [1.82, 2.24) is 5.32 Å². The smallest absolute Gasteiger partial charge is 0.0404 e. The Morgan fingerprint density at radius 3 is 2.91 bits per heavy atom. The van der Waals surface area contributed by atoms with E-state index in [-0.39, 0.29) is 0 Å². The van der Waals surface area contributed by atoms with Gasteiger partial charge >= 0.3 is 0 Å². The van der Waals surface area contributed by atoms with E-state index in [0.717, 1.165) is 25.9 Å². The van der Waals surface area contributed by atoms with Gasteiger partial charge in [0.2, 0.25) is 0 Å². The molecule has 0 aromatic carbocycles. The molecule has 2 heteroatoms. The molecule has 0 aliphatic heterocycles. The van der Waals surface area contributed by atoms with Crippen LogP contribution in [-0.4, -0.2) is 19.0 Å². The number of nitrogens with one attached hydrogen (secondary N) is 1. The van der Waals surface area contributed by atoms with E-state index in [4.69, 9.17) is 18.0 Å². The minimum atomic E-state index is 0.589. The van der Waals surface area contributed by atoms with E-state index >= 15 is 0 Å². The molecule has 62 valence electrons. The molecule has 1 nitrogen and oxygen atoms in total. The molecule has 0 amide bonds. The van der Waals surface area contributed by atoms with E-state index in [1.165, 1.54) is 0 Å². The highest BCUT2D eigenvalue weighted by atomic mass is 35.5. The molecule has 0 aromatic heterocycles. The minimum absolute atomic E-state index is 0.589. The summed E-state index contributed by atoms with van der Waals surface area (Å²) < 4.78 is 0. The van der Waals surface area contributed by atoms with Gasteiger partial charge in [-0.25, -0.2) is 0 Å². The van der Waals surface area contributed by atoms with Crippen molar-refractivity contribution in [3.05, 3.63) is 12.2 Å². The zero-order chi connectivity index (χ0) is 8.36. The third-order valence-electron chi connectivity index (χ3n) is 1.19. The zero-order valence-corrected chi connectivity index (χ0v) is 7.40. The van der Waals surface area contributed by atoms with Gasteiger partial charge < -0.3 is 5.32 Å². The molecular formula is C9H14ClN. The summed E-state index contributed by atoms with van der Waals surface area (Å²) in [5, 5.41) is 3.21. The Morgan fingerprint density at radius 2 is 2.27 bits per heavy atom. The number of rotatable bonds is 6. The summed E-state index contributed by atoms with van der Waals surface area (Å²) in [7, 11) is 0. The van der Waals surface area contributed by atoms with Gasteiger partial charge in [-0.05, 0) is 13.0 Å². The van der Waals surface area contributed by atoms with E-state index < -0.39 is 0 Å². The number of hydrogen-bond acceptors (Lipinski definition) is 1. The minimum Gasteiger partial charge on any atom is -0.313 e. The maximum Gasteiger partial charge on any atom is 0.0404 e. The van der Waals surface area contributed by atoms with Gasteiger partial charge in [0.25, 0.3) is 0 Å². The van der Waals surface area contributed by atoms with Gasteiger partial charge in [0, 0.05) is 18.8 Å². The molecule has 0 bridgehead atoms. The first-order valence-corrected chi connectivity index (χ1v) is 4.30. The van der Waals surface area contributed by atoms with Crippen LogP contribution in [0.15, 0.2) is 12.2 Å². The summed E-state index contributed by atoms with van der Waals surface area (Å²) >= 11 is 5.42. The third-order valence-corrected chi connectivity index (χ3v) is 1.37. The highest BCUT2D eigenvalue weighted by molar-refractivity contribution is 6.18. The number of unbranched alkanes of at least 4 members (excludes halogenated alkanes) is 1. The Morgan fingerprint density at radius 1 is 1.45 bits per heavy atom. The molecule has 11 heavy (non-hydrogen) atoms. The van der Waals surface area contributed by atoms with Crippen LogP contribution >= 0.6 is 11.6 Å². The summed E-state index contributed by atoms with van der Waals surface area (Å²) in [6, 6.07) is 0. The monoisotopic (exact) mass is 171 g/mol. The molecule has 1 N–H and O–H groups in total. The van der Waals surface area contributed by atoms with Crippen LogP contribution in [-0.2, 0) is 0 Å². The average molecular weight is 172 g/mol. The topological polar surface area (TPSA) is 12.0 Å². The number of alkyl halides is 1. The van der Waals surface area contributed by atoms with E-state index in [9.17, 15) is 0 Å². The van der Waals surface area contributed by atoms with Crippen molar-refractivity contribution in [3.63, 3.8) is 0 Å². The predicted octanol–water partition coefficient (Wildman–Crippen LogP) is 1.78. The summed E-state index contributed by atoms with van der Waals surface area (Å²) in [6.07, 6.45) is 10.9. The van der Waals surface area contributed by atoms with Crippen molar-refractivity contribution in [2.45, 2.75) is 12.8 Å². The third kappa shape index (κ3) is 9.55. The standard InChI is InChI=1S/C9H14ClN/c1-2-3-5-8-11-9-6-4-7-10/h1,4,6,11H,3,5,7-9H2/b6-4+. The number of terminal acetylenes is 1. The second-order valence-electron chi connectivity index (χ2n) is 2.14. The molecular weight excluding hydrogens is 158 g/mol. The van der Waals surface area contributed by atoms with Crippen LogP contribution in [0.25, 0.3) is 0 Å². The second kappa shape index (κ2) is 9.55. The predicted molar refractivity (Wildman–Crippen MR) is 50.8 cm³/mol. The van der Waals surface area contributed by atoms with Crippen LogP contribution in [0.2, 0.25) is 0 Å². The van der Waals surface area contributed by atoms with Gasteiger partial charge in [0.15, 0.2) is 0 Å². The fourth-order valence-electron chi connectivity index (χ4n) is 0.647. The lowest BCUT2D eigenvalue weighted by Gasteiger charge is -1.96. The maximum atomic E-state index is 5.42. The van der Waals surface area contributed by atoms with Crippen molar-refractivity contribution in [1.29, 1.82) is 0 Å². The summed E-state index contributed by atoms with van der Waals surface area (Å²) in [6.45, 7) is 1.87. The molecule has 0 heterocycles. The van der Waals surface area contributed by atoms with Crippen LogP contribution in [0.5, 0.6) is 0 Å². The Hall–Kier alpha value is -0.450. The molecule has 0 saturated heterocycles. The molecule has 0 rings (SSSR count). The molecule has 0 aromatic rings. The van der Waals surface area contributed by atoms with E-state index in [0.29, 0.717) is 5.88 Å². The quantitative estimate of drug-likeness (QED) is 0.278. The summed E-state index contributed by atoms with van der Waals surface area (Å²) in [4.78, 5) is 0. The lowest BCUT2D eigenvalue weighted by Crippen LogP contribution is -2.14. The van der Waals surface area contributed by atoms with Crippen LogP contribution in [0.4, 0.5) is 0 Å². The first-order chi connectivity index (χ1) is 5.41. The van der Waals surface area contributed by atoms with Crippen molar-refractivity contribution >= 4 is 11.6 Å². The molecule has 0 saturated carbocycles. The van der Waals surface area contributed by atoms with Gasteiger partial charge in [-0.3, -0.25) is 0 Å². The Labute approximate surface area is 73.8 Å². The van der Waals surface area contributed by atoms with E-state index in [1.54, 1.807) is 0 Å². The van der Waals surface area contributed by atoms with Crippen molar-refractivity contribution in [3.8, 4) is 12.3 Å². The molecule has 0 atom stereocenters. The average Bonchev–Trinajstić information content (AvgIpc) is 2.03. The van der Waals surface area contributed by atoms with Crippen LogP contribution in [0, 0.1) is 12.3 Å².